The summed E-state index contributed by atoms with van der Waals surface area (Å²) in [7, 11) is 0. The molecule has 4 amide bonds. The molecule has 2 aromatic carbocycles. The number of nitrogens with one attached hydrogen (secondary N) is 2. The average molecular weight is 395 g/mol. The van der Waals surface area contributed by atoms with Crippen molar-refractivity contribution in [3.63, 3.8) is 0 Å². The fraction of sp³-hybridized carbons (Fsp3) is 0.318. The van der Waals surface area contributed by atoms with Crippen LogP contribution in [0.2, 0.25) is 0 Å². The maximum atomic E-state index is 13.3. The smallest absolute Gasteiger partial charge is 0.325 e. The van der Waals surface area contributed by atoms with Gasteiger partial charge in [0.1, 0.15) is 17.9 Å². The van der Waals surface area contributed by atoms with E-state index in [2.05, 4.69) is 10.6 Å². The van der Waals surface area contributed by atoms with Crippen LogP contribution in [0.4, 0.5) is 14.9 Å². The van der Waals surface area contributed by atoms with E-state index in [0.717, 1.165) is 24.2 Å². The maximum Gasteiger partial charge on any atom is 0.325 e. The van der Waals surface area contributed by atoms with Gasteiger partial charge in [0.15, 0.2) is 0 Å². The minimum absolute atomic E-state index is 0.284. The van der Waals surface area contributed by atoms with Gasteiger partial charge in [0, 0.05) is 5.69 Å². The van der Waals surface area contributed by atoms with Crippen LogP contribution in [0.15, 0.2) is 42.5 Å². The third-order valence-corrected chi connectivity index (χ3v) is 5.73. The molecule has 0 bridgehead atoms. The first-order valence-electron chi connectivity index (χ1n) is 9.75. The lowest BCUT2D eigenvalue weighted by Crippen LogP contribution is -2.44. The predicted octanol–water partition coefficient (Wildman–Crippen LogP) is 3.11. The first kappa shape index (κ1) is 19.1. The third kappa shape index (κ3) is 3.37. The summed E-state index contributed by atoms with van der Waals surface area (Å²) in [6.07, 6.45) is 3.43. The summed E-state index contributed by atoms with van der Waals surface area (Å²) in [6.45, 7) is 1.38. The van der Waals surface area contributed by atoms with Crippen molar-refractivity contribution in [3.05, 3.63) is 65.0 Å². The molecule has 29 heavy (non-hydrogen) atoms. The Hall–Kier alpha value is -3.22. The van der Waals surface area contributed by atoms with E-state index in [1.807, 2.05) is 18.2 Å². The lowest BCUT2D eigenvalue weighted by Gasteiger charge is -2.25. The van der Waals surface area contributed by atoms with Crippen molar-refractivity contribution < 1.29 is 18.8 Å². The van der Waals surface area contributed by atoms with E-state index in [1.165, 1.54) is 35.4 Å². The van der Waals surface area contributed by atoms with Crippen molar-refractivity contribution in [1.82, 2.24) is 10.2 Å². The van der Waals surface area contributed by atoms with Gasteiger partial charge >= 0.3 is 6.03 Å². The number of amides is 4. The zero-order valence-electron chi connectivity index (χ0n) is 16.1. The minimum Gasteiger partial charge on any atom is -0.325 e. The summed E-state index contributed by atoms with van der Waals surface area (Å²) in [6, 6.07) is 10.6. The molecule has 0 spiro atoms. The molecule has 4 rings (SSSR count). The Kier molecular flexibility index (Phi) is 4.82. The molecule has 7 heteroatoms. The second-order valence-corrected chi connectivity index (χ2v) is 7.47. The molecule has 1 aliphatic carbocycles. The molecule has 0 saturated carbocycles. The van der Waals surface area contributed by atoms with Crippen molar-refractivity contribution in [1.29, 1.82) is 0 Å². The van der Waals surface area contributed by atoms with Crippen LogP contribution in [0.5, 0.6) is 0 Å². The van der Waals surface area contributed by atoms with Gasteiger partial charge in [-0.25, -0.2) is 9.18 Å². The highest BCUT2D eigenvalue weighted by Crippen LogP contribution is 2.32. The highest BCUT2D eigenvalue weighted by Gasteiger charge is 2.51. The summed E-state index contributed by atoms with van der Waals surface area (Å²) in [5.41, 5.74) is 2.37. The molecule has 1 saturated heterocycles. The summed E-state index contributed by atoms with van der Waals surface area (Å²) in [5, 5.41) is 5.46. The molecular weight excluding hydrogens is 373 g/mol. The van der Waals surface area contributed by atoms with Crippen molar-refractivity contribution in [2.45, 2.75) is 38.1 Å². The number of hydrogen-bond donors (Lipinski definition) is 2. The molecule has 0 radical (unpaired) electrons. The Morgan fingerprint density at radius 1 is 1.14 bits per heavy atom. The van der Waals surface area contributed by atoms with E-state index in [9.17, 15) is 18.8 Å². The maximum absolute atomic E-state index is 13.3. The summed E-state index contributed by atoms with van der Waals surface area (Å²) >= 11 is 0. The number of halogens is 1. The van der Waals surface area contributed by atoms with Crippen LogP contribution in [0, 0.1) is 5.82 Å². The normalized spacial score (nSPS) is 20.6. The fourth-order valence-electron chi connectivity index (χ4n) is 4.14. The third-order valence-electron chi connectivity index (χ3n) is 5.73. The van der Waals surface area contributed by atoms with E-state index >= 15 is 0 Å². The summed E-state index contributed by atoms with van der Waals surface area (Å²) in [5.74, 6) is -1.39. The van der Waals surface area contributed by atoms with Crippen molar-refractivity contribution in [3.8, 4) is 0 Å². The summed E-state index contributed by atoms with van der Waals surface area (Å²) in [4.78, 5) is 39.0. The van der Waals surface area contributed by atoms with Crippen LogP contribution in [0.1, 0.15) is 36.5 Å². The number of nitrogens with zero attached hydrogens (tertiary/aromatic N) is 1. The molecule has 2 aliphatic rings. The van der Waals surface area contributed by atoms with Gasteiger partial charge < -0.3 is 10.6 Å². The van der Waals surface area contributed by atoms with Gasteiger partial charge in [-0.3, -0.25) is 14.5 Å². The highest BCUT2D eigenvalue weighted by atomic mass is 19.1. The fourth-order valence-corrected chi connectivity index (χ4v) is 4.14. The molecular formula is C22H22FN3O3. The monoisotopic (exact) mass is 395 g/mol. The van der Waals surface area contributed by atoms with E-state index in [0.29, 0.717) is 11.3 Å². The lowest BCUT2D eigenvalue weighted by molar-refractivity contribution is -0.134. The van der Waals surface area contributed by atoms with Crippen LogP contribution >= 0.6 is 0 Å². The van der Waals surface area contributed by atoms with E-state index in [1.54, 1.807) is 6.92 Å². The van der Waals surface area contributed by atoms with E-state index < -0.39 is 29.2 Å². The standard InChI is InChI=1S/C22H22FN3O3/c1-2-22(16-7-9-17(23)10-8-16)20(28)26(21(29)25-22)13-19(27)24-18-11-6-14-4-3-5-15(14)12-18/h6-12H,2-5,13H2,1H3,(H,24,27)(H,25,29)/t22-/m1/s1. The van der Waals surface area contributed by atoms with E-state index in [-0.39, 0.29) is 13.0 Å². The molecule has 1 fully saturated rings. The Morgan fingerprint density at radius 2 is 1.86 bits per heavy atom. The minimum atomic E-state index is -1.29. The van der Waals surface area contributed by atoms with Crippen LogP contribution in [-0.2, 0) is 28.0 Å². The molecule has 1 aliphatic heterocycles. The number of carbonyl (C=O) groups excluding carboxylic acids is 3. The van der Waals surface area contributed by atoms with Crippen LogP contribution < -0.4 is 10.6 Å². The molecule has 150 valence electrons. The lowest BCUT2D eigenvalue weighted by atomic mass is 9.87. The Labute approximate surface area is 168 Å². The zero-order chi connectivity index (χ0) is 20.6. The van der Waals surface area contributed by atoms with E-state index in [4.69, 9.17) is 0 Å². The summed E-state index contributed by atoms with van der Waals surface area (Å²) < 4.78 is 13.3. The van der Waals surface area contributed by atoms with Crippen LogP contribution in [0.3, 0.4) is 0 Å². The Balaban J connectivity index is 1.50. The molecule has 2 N–H and O–H groups in total. The number of benzene rings is 2. The largest absolute Gasteiger partial charge is 0.325 e. The zero-order valence-corrected chi connectivity index (χ0v) is 16.1. The second kappa shape index (κ2) is 7.31. The molecule has 1 atom stereocenters. The van der Waals surface area contributed by atoms with Gasteiger partial charge in [0.05, 0.1) is 0 Å². The average Bonchev–Trinajstić information content (AvgIpc) is 3.26. The van der Waals surface area contributed by atoms with Gasteiger partial charge in [-0.05, 0) is 66.6 Å². The number of urea groups is 1. The first-order chi connectivity index (χ1) is 13.9. The first-order valence-corrected chi connectivity index (χ1v) is 9.75. The Morgan fingerprint density at radius 3 is 2.59 bits per heavy atom. The SMILES string of the molecule is CC[C@]1(c2ccc(F)cc2)NC(=O)N(CC(=O)Nc2ccc3c(c2)CCC3)C1=O. The van der Waals surface area contributed by atoms with Crippen molar-refractivity contribution >= 4 is 23.5 Å². The van der Waals surface area contributed by atoms with Gasteiger partial charge in [0.2, 0.25) is 5.91 Å². The van der Waals surface area contributed by atoms with Gasteiger partial charge in [-0.2, -0.15) is 0 Å². The number of anilines is 1. The van der Waals surface area contributed by atoms with Gasteiger partial charge in [-0.15, -0.1) is 0 Å². The number of rotatable bonds is 5. The number of fused-ring (bicyclic) bond motifs is 1. The second-order valence-electron chi connectivity index (χ2n) is 7.47. The molecule has 1 heterocycles. The predicted molar refractivity (Wildman–Crippen MR) is 106 cm³/mol. The number of hydrogen-bond acceptors (Lipinski definition) is 3. The molecule has 0 unspecified atom stereocenters. The molecule has 6 nitrogen and oxygen atoms in total. The quantitative estimate of drug-likeness (QED) is 0.764. The van der Waals surface area contributed by atoms with Crippen molar-refractivity contribution in [2.24, 2.45) is 0 Å². The number of aryl methyl sites for hydroxylation is 2. The highest BCUT2D eigenvalue weighted by molar-refractivity contribution is 6.10. The molecule has 0 aromatic heterocycles. The molecule has 2 aromatic rings. The van der Waals surface area contributed by atoms with Crippen LogP contribution in [0.25, 0.3) is 0 Å². The Bertz CT molecular complexity index is 989. The van der Waals surface area contributed by atoms with Gasteiger partial charge in [-0.1, -0.05) is 25.1 Å². The topological polar surface area (TPSA) is 78.5 Å². The van der Waals surface area contributed by atoms with Crippen molar-refractivity contribution in [2.75, 3.05) is 11.9 Å². The number of imide groups is 1. The van der Waals surface area contributed by atoms with Crippen LogP contribution in [-0.4, -0.2) is 29.3 Å². The number of carbonyl (C=O) groups is 3. The van der Waals surface area contributed by atoms with Gasteiger partial charge in [0.25, 0.3) is 5.91 Å².